The maximum Gasteiger partial charge on any atom is 0.221 e. The highest BCUT2D eigenvalue weighted by Gasteiger charge is 2.09. The zero-order valence-electron chi connectivity index (χ0n) is 8.77. The molecule has 0 saturated carbocycles. The average Bonchev–Trinajstić information content (AvgIpc) is 2.29. The minimum Gasteiger partial charge on any atom is -0.481 e. The van der Waals surface area contributed by atoms with Crippen LogP contribution in [0.1, 0.15) is 0 Å². The Balaban J connectivity index is 2.58. The second-order valence-electron chi connectivity index (χ2n) is 3.30. The number of anilines is 1. The summed E-state index contributed by atoms with van der Waals surface area (Å²) < 4.78 is 5.18. The molecule has 0 amide bonds. The number of nitrogen functional groups attached to an aromatic ring is 1. The third kappa shape index (κ3) is 1.95. The molecule has 0 atom stereocenters. The third-order valence-electron chi connectivity index (χ3n) is 2.25. The summed E-state index contributed by atoms with van der Waals surface area (Å²) in [7, 11) is 1.58. The molecule has 0 unspecified atom stereocenters. The molecule has 3 nitrogen and oxygen atoms in total. The SMILES string of the molecule is COc1ncccc1-c1ccc(N)cc1Cl. The number of benzene rings is 1. The highest BCUT2D eigenvalue weighted by molar-refractivity contribution is 6.33. The van der Waals surface area contributed by atoms with Gasteiger partial charge in [0.25, 0.3) is 0 Å². The minimum absolute atomic E-state index is 0.550. The fourth-order valence-corrected chi connectivity index (χ4v) is 1.80. The number of hydrogen-bond acceptors (Lipinski definition) is 3. The maximum atomic E-state index is 6.13. The first-order valence-corrected chi connectivity index (χ1v) is 5.14. The minimum atomic E-state index is 0.550. The Labute approximate surface area is 98.8 Å². The Morgan fingerprint density at radius 3 is 2.75 bits per heavy atom. The van der Waals surface area contributed by atoms with E-state index in [4.69, 9.17) is 22.1 Å². The molecular formula is C12H11ClN2O. The molecule has 1 aromatic carbocycles. The van der Waals surface area contributed by atoms with Gasteiger partial charge in [-0.05, 0) is 24.3 Å². The van der Waals surface area contributed by atoms with Gasteiger partial charge in [-0.15, -0.1) is 0 Å². The molecule has 0 spiro atoms. The average molecular weight is 235 g/mol. The summed E-state index contributed by atoms with van der Waals surface area (Å²) in [4.78, 5) is 4.12. The van der Waals surface area contributed by atoms with Crippen LogP contribution in [0, 0.1) is 0 Å². The van der Waals surface area contributed by atoms with Crippen LogP contribution in [0.15, 0.2) is 36.5 Å². The van der Waals surface area contributed by atoms with E-state index in [9.17, 15) is 0 Å². The van der Waals surface area contributed by atoms with Crippen LogP contribution >= 0.6 is 11.6 Å². The first kappa shape index (κ1) is 10.8. The summed E-state index contributed by atoms with van der Waals surface area (Å²) in [5, 5.41) is 0.589. The van der Waals surface area contributed by atoms with Gasteiger partial charge in [0, 0.05) is 23.0 Å². The zero-order valence-corrected chi connectivity index (χ0v) is 9.53. The Morgan fingerprint density at radius 1 is 1.25 bits per heavy atom. The van der Waals surface area contributed by atoms with Gasteiger partial charge < -0.3 is 10.5 Å². The summed E-state index contributed by atoms with van der Waals surface area (Å²) >= 11 is 6.13. The summed E-state index contributed by atoms with van der Waals surface area (Å²) in [6, 6.07) is 9.11. The molecule has 82 valence electrons. The van der Waals surface area contributed by atoms with Gasteiger partial charge in [-0.25, -0.2) is 4.98 Å². The van der Waals surface area contributed by atoms with Gasteiger partial charge >= 0.3 is 0 Å². The van der Waals surface area contributed by atoms with Crippen LogP contribution in [0.25, 0.3) is 11.1 Å². The number of ether oxygens (including phenoxy) is 1. The summed E-state index contributed by atoms with van der Waals surface area (Å²) in [6.45, 7) is 0. The lowest BCUT2D eigenvalue weighted by molar-refractivity contribution is 0.399. The van der Waals surface area contributed by atoms with Gasteiger partial charge in [0.15, 0.2) is 0 Å². The molecular weight excluding hydrogens is 224 g/mol. The first-order chi connectivity index (χ1) is 7.72. The summed E-state index contributed by atoms with van der Waals surface area (Å²) in [5.41, 5.74) is 8.00. The lowest BCUT2D eigenvalue weighted by Gasteiger charge is -2.08. The van der Waals surface area contributed by atoms with Crippen molar-refractivity contribution in [2.75, 3.05) is 12.8 Å². The predicted octanol–water partition coefficient (Wildman–Crippen LogP) is 2.99. The molecule has 2 rings (SSSR count). The number of nitrogens with two attached hydrogens (primary N) is 1. The van der Waals surface area contributed by atoms with Crippen LogP contribution in [-0.4, -0.2) is 12.1 Å². The first-order valence-electron chi connectivity index (χ1n) is 4.77. The molecule has 0 radical (unpaired) electrons. The Morgan fingerprint density at radius 2 is 2.06 bits per heavy atom. The van der Waals surface area contributed by atoms with Crippen molar-refractivity contribution in [3.8, 4) is 17.0 Å². The highest BCUT2D eigenvalue weighted by Crippen LogP contribution is 2.34. The van der Waals surface area contributed by atoms with Gasteiger partial charge in [-0.1, -0.05) is 17.7 Å². The highest BCUT2D eigenvalue weighted by atomic mass is 35.5. The van der Waals surface area contributed by atoms with Crippen molar-refractivity contribution in [1.29, 1.82) is 0 Å². The number of aromatic nitrogens is 1. The van der Waals surface area contributed by atoms with E-state index in [0.717, 1.165) is 11.1 Å². The van der Waals surface area contributed by atoms with Crippen molar-refractivity contribution >= 4 is 17.3 Å². The summed E-state index contributed by atoms with van der Waals surface area (Å²) in [5.74, 6) is 0.550. The number of nitrogens with zero attached hydrogens (tertiary/aromatic N) is 1. The Bertz CT molecular complexity index is 514. The maximum absolute atomic E-state index is 6.13. The van der Waals surface area contributed by atoms with Crippen LogP contribution < -0.4 is 10.5 Å². The molecule has 1 heterocycles. The number of rotatable bonds is 2. The van der Waals surface area contributed by atoms with E-state index in [1.54, 1.807) is 25.4 Å². The molecule has 16 heavy (non-hydrogen) atoms. The van der Waals surface area contributed by atoms with Crippen molar-refractivity contribution < 1.29 is 4.74 Å². The molecule has 1 aromatic heterocycles. The van der Waals surface area contributed by atoms with Crippen LogP contribution in [0.2, 0.25) is 5.02 Å². The van der Waals surface area contributed by atoms with E-state index in [1.807, 2.05) is 18.2 Å². The van der Waals surface area contributed by atoms with E-state index in [-0.39, 0.29) is 0 Å². The number of hydrogen-bond donors (Lipinski definition) is 1. The van der Waals surface area contributed by atoms with Gasteiger partial charge in [-0.2, -0.15) is 0 Å². The van der Waals surface area contributed by atoms with E-state index < -0.39 is 0 Å². The third-order valence-corrected chi connectivity index (χ3v) is 2.56. The molecule has 0 aliphatic rings. The topological polar surface area (TPSA) is 48.1 Å². The molecule has 0 aliphatic carbocycles. The van der Waals surface area contributed by atoms with Gasteiger partial charge in [0.05, 0.1) is 12.1 Å². The lowest BCUT2D eigenvalue weighted by atomic mass is 10.1. The molecule has 0 fully saturated rings. The van der Waals surface area contributed by atoms with Crippen molar-refractivity contribution in [2.24, 2.45) is 0 Å². The molecule has 2 N–H and O–H groups in total. The number of halogens is 1. The fraction of sp³-hybridized carbons (Fsp3) is 0.0833. The van der Waals surface area contributed by atoms with E-state index in [2.05, 4.69) is 4.98 Å². The monoisotopic (exact) mass is 234 g/mol. The zero-order chi connectivity index (χ0) is 11.5. The molecule has 0 aliphatic heterocycles. The molecule has 0 bridgehead atoms. The molecule has 0 saturated heterocycles. The molecule has 4 heteroatoms. The van der Waals surface area contributed by atoms with Crippen LogP contribution in [0.4, 0.5) is 5.69 Å². The van der Waals surface area contributed by atoms with Gasteiger partial charge in [-0.3, -0.25) is 0 Å². The van der Waals surface area contributed by atoms with Crippen molar-refractivity contribution in [1.82, 2.24) is 4.98 Å². The smallest absolute Gasteiger partial charge is 0.221 e. The largest absolute Gasteiger partial charge is 0.481 e. The van der Waals surface area contributed by atoms with E-state index in [0.29, 0.717) is 16.6 Å². The Kier molecular flexibility index (Phi) is 2.97. The van der Waals surface area contributed by atoms with E-state index >= 15 is 0 Å². The Hall–Kier alpha value is -1.74. The van der Waals surface area contributed by atoms with Crippen LogP contribution in [0.3, 0.4) is 0 Å². The second-order valence-corrected chi connectivity index (χ2v) is 3.71. The molecule has 2 aromatic rings. The van der Waals surface area contributed by atoms with Crippen molar-refractivity contribution in [3.05, 3.63) is 41.6 Å². The summed E-state index contributed by atoms with van der Waals surface area (Å²) in [6.07, 6.45) is 1.67. The van der Waals surface area contributed by atoms with Crippen LogP contribution in [0.5, 0.6) is 5.88 Å². The van der Waals surface area contributed by atoms with Gasteiger partial charge in [0.2, 0.25) is 5.88 Å². The number of methoxy groups -OCH3 is 1. The predicted molar refractivity (Wildman–Crippen MR) is 65.6 cm³/mol. The standard InChI is InChI=1S/C12H11ClN2O/c1-16-12-10(3-2-6-15-12)9-5-4-8(14)7-11(9)13/h2-7H,14H2,1H3. The normalized spacial score (nSPS) is 10.1. The van der Waals surface area contributed by atoms with Gasteiger partial charge in [0.1, 0.15) is 0 Å². The fourth-order valence-electron chi connectivity index (χ4n) is 1.51. The van der Waals surface area contributed by atoms with Crippen LogP contribution in [-0.2, 0) is 0 Å². The number of pyridine rings is 1. The second kappa shape index (κ2) is 4.41. The van der Waals surface area contributed by atoms with Crippen molar-refractivity contribution in [2.45, 2.75) is 0 Å². The lowest BCUT2D eigenvalue weighted by Crippen LogP contribution is -1.92. The quantitative estimate of drug-likeness (QED) is 0.813. The van der Waals surface area contributed by atoms with Crippen molar-refractivity contribution in [3.63, 3.8) is 0 Å². The van der Waals surface area contributed by atoms with E-state index in [1.165, 1.54) is 0 Å².